The summed E-state index contributed by atoms with van der Waals surface area (Å²) in [4.78, 5) is 0. The van der Waals surface area contributed by atoms with Crippen molar-refractivity contribution < 1.29 is 4.74 Å². The van der Waals surface area contributed by atoms with E-state index in [1.807, 2.05) is 12.1 Å². The third kappa shape index (κ3) is 7.01. The molecule has 0 atom stereocenters. The topological polar surface area (TPSA) is 21.3 Å². The first-order chi connectivity index (χ1) is 8.33. The zero-order chi connectivity index (χ0) is 12.3. The molecule has 0 amide bonds. The van der Waals surface area contributed by atoms with Crippen LogP contribution in [0.15, 0.2) is 24.3 Å². The predicted molar refractivity (Wildman–Crippen MR) is 73.7 cm³/mol. The highest BCUT2D eigenvalue weighted by Gasteiger charge is 1.94. The molecule has 1 aromatic carbocycles. The van der Waals surface area contributed by atoms with Crippen LogP contribution in [0.1, 0.15) is 38.2 Å². The van der Waals surface area contributed by atoms with Gasteiger partial charge in [0.05, 0.1) is 6.61 Å². The highest BCUT2D eigenvalue weighted by molar-refractivity contribution is 5.27. The largest absolute Gasteiger partial charge is 0.494 e. The SMILES string of the molecule is CCNCCCCCCOc1cccc(C)c1. The van der Waals surface area contributed by atoms with E-state index in [9.17, 15) is 0 Å². The van der Waals surface area contributed by atoms with E-state index in [1.165, 1.54) is 24.8 Å². The lowest BCUT2D eigenvalue weighted by Gasteiger charge is -2.06. The predicted octanol–water partition coefficient (Wildman–Crippen LogP) is 3.54. The maximum Gasteiger partial charge on any atom is 0.119 e. The number of hydrogen-bond donors (Lipinski definition) is 1. The lowest BCUT2D eigenvalue weighted by Crippen LogP contribution is -2.13. The first-order valence-electron chi connectivity index (χ1n) is 6.73. The molecule has 0 radical (unpaired) electrons. The highest BCUT2D eigenvalue weighted by atomic mass is 16.5. The van der Waals surface area contributed by atoms with Crippen molar-refractivity contribution in [3.8, 4) is 5.75 Å². The second-order valence-electron chi connectivity index (χ2n) is 4.43. The third-order valence-electron chi connectivity index (χ3n) is 2.76. The Morgan fingerprint density at radius 3 is 2.71 bits per heavy atom. The molecule has 0 aliphatic heterocycles. The summed E-state index contributed by atoms with van der Waals surface area (Å²) in [5, 5.41) is 3.34. The second-order valence-corrected chi connectivity index (χ2v) is 4.43. The van der Waals surface area contributed by atoms with Crippen LogP contribution in [0.25, 0.3) is 0 Å². The van der Waals surface area contributed by atoms with E-state index in [-0.39, 0.29) is 0 Å². The number of nitrogens with one attached hydrogen (secondary N) is 1. The van der Waals surface area contributed by atoms with E-state index in [0.29, 0.717) is 0 Å². The molecule has 0 unspecified atom stereocenters. The fourth-order valence-electron chi connectivity index (χ4n) is 1.78. The summed E-state index contributed by atoms with van der Waals surface area (Å²) in [7, 11) is 0. The van der Waals surface area contributed by atoms with Gasteiger partial charge in [-0.15, -0.1) is 0 Å². The van der Waals surface area contributed by atoms with Crippen LogP contribution in [0.5, 0.6) is 5.75 Å². The molecule has 0 bridgehead atoms. The summed E-state index contributed by atoms with van der Waals surface area (Å²) in [5.74, 6) is 0.998. The second kappa shape index (κ2) is 9.06. The number of hydrogen-bond acceptors (Lipinski definition) is 2. The van der Waals surface area contributed by atoms with Crippen LogP contribution in [0.4, 0.5) is 0 Å². The molecule has 1 N–H and O–H groups in total. The van der Waals surface area contributed by atoms with Gasteiger partial charge in [0.25, 0.3) is 0 Å². The fraction of sp³-hybridized carbons (Fsp3) is 0.600. The molecule has 0 spiro atoms. The molecule has 2 nitrogen and oxygen atoms in total. The van der Waals surface area contributed by atoms with E-state index in [2.05, 4.69) is 31.3 Å². The van der Waals surface area contributed by atoms with Crippen molar-refractivity contribution >= 4 is 0 Å². The normalized spacial score (nSPS) is 10.5. The molecule has 0 aliphatic carbocycles. The van der Waals surface area contributed by atoms with Crippen LogP contribution >= 0.6 is 0 Å². The van der Waals surface area contributed by atoms with Gasteiger partial charge in [-0.25, -0.2) is 0 Å². The number of benzene rings is 1. The van der Waals surface area contributed by atoms with Crippen molar-refractivity contribution in [1.82, 2.24) is 5.32 Å². The Hall–Kier alpha value is -1.02. The number of aryl methyl sites for hydroxylation is 1. The highest BCUT2D eigenvalue weighted by Crippen LogP contribution is 2.13. The van der Waals surface area contributed by atoms with Crippen molar-refractivity contribution in [1.29, 1.82) is 0 Å². The average Bonchev–Trinajstić information content (AvgIpc) is 2.33. The Morgan fingerprint density at radius 1 is 1.12 bits per heavy atom. The summed E-state index contributed by atoms with van der Waals surface area (Å²) in [6.07, 6.45) is 4.99. The van der Waals surface area contributed by atoms with Crippen LogP contribution < -0.4 is 10.1 Å². The van der Waals surface area contributed by atoms with E-state index in [0.717, 1.165) is 31.9 Å². The van der Waals surface area contributed by atoms with Gasteiger partial charge in [0.15, 0.2) is 0 Å². The van der Waals surface area contributed by atoms with E-state index >= 15 is 0 Å². The number of unbranched alkanes of at least 4 members (excludes halogenated alkanes) is 3. The lowest BCUT2D eigenvalue weighted by molar-refractivity contribution is 0.304. The molecule has 1 aromatic rings. The Kier molecular flexibility index (Phi) is 7.48. The van der Waals surface area contributed by atoms with Crippen LogP contribution in [0.3, 0.4) is 0 Å². The van der Waals surface area contributed by atoms with Gasteiger partial charge in [0.1, 0.15) is 5.75 Å². The van der Waals surface area contributed by atoms with Gasteiger partial charge < -0.3 is 10.1 Å². The van der Waals surface area contributed by atoms with Crippen LogP contribution in [-0.4, -0.2) is 19.7 Å². The fourth-order valence-corrected chi connectivity index (χ4v) is 1.78. The first kappa shape index (κ1) is 14.0. The van der Waals surface area contributed by atoms with Crippen LogP contribution in [0.2, 0.25) is 0 Å². The molecule has 0 fully saturated rings. The Labute approximate surface area is 105 Å². The molecular weight excluding hydrogens is 210 g/mol. The van der Waals surface area contributed by atoms with Gasteiger partial charge in [0, 0.05) is 0 Å². The van der Waals surface area contributed by atoms with Crippen LogP contribution in [-0.2, 0) is 0 Å². The first-order valence-corrected chi connectivity index (χ1v) is 6.73. The molecule has 96 valence electrons. The van der Waals surface area contributed by atoms with Gasteiger partial charge >= 0.3 is 0 Å². The number of rotatable bonds is 9. The molecule has 0 aromatic heterocycles. The molecule has 2 heteroatoms. The lowest BCUT2D eigenvalue weighted by atomic mass is 10.2. The van der Waals surface area contributed by atoms with Crippen molar-refractivity contribution in [3.05, 3.63) is 29.8 Å². The van der Waals surface area contributed by atoms with E-state index < -0.39 is 0 Å². The Morgan fingerprint density at radius 2 is 1.94 bits per heavy atom. The summed E-state index contributed by atoms with van der Waals surface area (Å²) in [5.41, 5.74) is 1.26. The monoisotopic (exact) mass is 235 g/mol. The van der Waals surface area contributed by atoms with Gasteiger partial charge in [-0.1, -0.05) is 31.9 Å². The Balaban J connectivity index is 1.97. The minimum atomic E-state index is 0.838. The minimum Gasteiger partial charge on any atom is -0.494 e. The average molecular weight is 235 g/mol. The molecule has 0 saturated carbocycles. The molecule has 0 aliphatic rings. The van der Waals surface area contributed by atoms with Crippen LogP contribution in [0, 0.1) is 6.92 Å². The van der Waals surface area contributed by atoms with Gasteiger partial charge in [-0.3, -0.25) is 0 Å². The smallest absolute Gasteiger partial charge is 0.119 e. The van der Waals surface area contributed by atoms with Gasteiger partial charge in [0.2, 0.25) is 0 Å². The summed E-state index contributed by atoms with van der Waals surface area (Å²) in [6.45, 7) is 7.31. The third-order valence-corrected chi connectivity index (χ3v) is 2.76. The van der Waals surface area contributed by atoms with E-state index in [4.69, 9.17) is 4.74 Å². The summed E-state index contributed by atoms with van der Waals surface area (Å²) in [6, 6.07) is 8.25. The zero-order valence-corrected chi connectivity index (χ0v) is 11.2. The molecule has 1 rings (SSSR count). The molecular formula is C15H25NO. The number of ether oxygens (including phenoxy) is 1. The zero-order valence-electron chi connectivity index (χ0n) is 11.2. The molecule has 0 heterocycles. The van der Waals surface area contributed by atoms with E-state index in [1.54, 1.807) is 0 Å². The molecule has 17 heavy (non-hydrogen) atoms. The van der Waals surface area contributed by atoms with Crippen molar-refractivity contribution in [2.45, 2.75) is 39.5 Å². The Bertz CT molecular complexity index is 299. The standard InChI is InChI=1S/C15H25NO/c1-3-16-11-6-4-5-7-12-17-15-10-8-9-14(2)13-15/h8-10,13,16H,3-7,11-12H2,1-2H3. The van der Waals surface area contributed by atoms with Gasteiger partial charge in [-0.2, -0.15) is 0 Å². The van der Waals surface area contributed by atoms with Crippen molar-refractivity contribution in [2.75, 3.05) is 19.7 Å². The van der Waals surface area contributed by atoms with Gasteiger partial charge in [-0.05, 0) is 50.6 Å². The molecule has 0 saturated heterocycles. The summed E-state index contributed by atoms with van der Waals surface area (Å²) < 4.78 is 5.70. The summed E-state index contributed by atoms with van der Waals surface area (Å²) >= 11 is 0. The maximum absolute atomic E-state index is 5.70. The van der Waals surface area contributed by atoms with Crippen molar-refractivity contribution in [3.63, 3.8) is 0 Å². The van der Waals surface area contributed by atoms with Crippen molar-refractivity contribution in [2.24, 2.45) is 0 Å². The quantitative estimate of drug-likeness (QED) is 0.661. The minimum absolute atomic E-state index is 0.838. The maximum atomic E-state index is 5.70.